The molecule has 1 aromatic heterocycles. The zero-order valence-corrected chi connectivity index (χ0v) is 19.3. The molecule has 0 radical (unpaired) electrons. The first kappa shape index (κ1) is 23.1. The summed E-state index contributed by atoms with van der Waals surface area (Å²) in [6, 6.07) is 4.94. The first-order valence-electron chi connectivity index (χ1n) is 10.1. The summed E-state index contributed by atoms with van der Waals surface area (Å²) in [7, 11) is 1.51. The Morgan fingerprint density at radius 1 is 1.23 bits per heavy atom. The Bertz CT molecular complexity index is 1090. The van der Waals surface area contributed by atoms with E-state index in [0.29, 0.717) is 48.8 Å². The van der Waals surface area contributed by atoms with Crippen LogP contribution in [0.25, 0.3) is 0 Å². The predicted octanol–water partition coefficient (Wildman–Crippen LogP) is 2.49. The van der Waals surface area contributed by atoms with Gasteiger partial charge in [0.2, 0.25) is 15.9 Å². The predicted molar refractivity (Wildman–Crippen MR) is 116 cm³/mol. The fourth-order valence-electron chi connectivity index (χ4n) is 3.63. The second-order valence-corrected chi connectivity index (χ2v) is 9.89. The van der Waals surface area contributed by atoms with Gasteiger partial charge in [0.15, 0.2) is 0 Å². The molecule has 1 amide bonds. The van der Waals surface area contributed by atoms with Crippen LogP contribution in [0, 0.1) is 12.7 Å². The summed E-state index contributed by atoms with van der Waals surface area (Å²) in [5, 5.41) is 0. The summed E-state index contributed by atoms with van der Waals surface area (Å²) in [4.78, 5) is 24.3. The van der Waals surface area contributed by atoms with Gasteiger partial charge in [-0.3, -0.25) is 4.79 Å². The lowest BCUT2D eigenvalue weighted by molar-refractivity contribution is -0.128. The molecule has 31 heavy (non-hydrogen) atoms. The summed E-state index contributed by atoms with van der Waals surface area (Å²) < 4.78 is 41.7. The maximum Gasteiger partial charge on any atom is 0.244 e. The van der Waals surface area contributed by atoms with E-state index in [1.54, 1.807) is 20.0 Å². The molecule has 1 fully saturated rings. The van der Waals surface area contributed by atoms with Crippen LogP contribution in [0.4, 0.5) is 10.2 Å². The number of anilines is 1. The van der Waals surface area contributed by atoms with E-state index in [0.717, 1.165) is 6.07 Å². The van der Waals surface area contributed by atoms with E-state index in [-0.39, 0.29) is 10.8 Å². The summed E-state index contributed by atoms with van der Waals surface area (Å²) in [6.07, 6.45) is 1.25. The molecule has 0 N–H and O–H groups in total. The molecule has 2 aromatic rings. The molecule has 2 heterocycles. The molecule has 8 nitrogen and oxygen atoms in total. The molecule has 0 aliphatic carbocycles. The Morgan fingerprint density at radius 2 is 1.94 bits per heavy atom. The Hall–Kier alpha value is -2.59. The van der Waals surface area contributed by atoms with Gasteiger partial charge in [0.1, 0.15) is 17.5 Å². The van der Waals surface area contributed by atoms with Gasteiger partial charge in [0, 0.05) is 40.7 Å². The molecule has 168 valence electrons. The third kappa shape index (κ3) is 4.85. The minimum absolute atomic E-state index is 0.0844. The maximum absolute atomic E-state index is 13.5. The van der Waals surface area contributed by atoms with Crippen LogP contribution in [0.2, 0.25) is 0 Å². The molecule has 1 aliphatic heterocycles. The third-order valence-electron chi connectivity index (χ3n) is 5.40. The van der Waals surface area contributed by atoms with E-state index in [2.05, 4.69) is 9.97 Å². The van der Waals surface area contributed by atoms with Gasteiger partial charge in [-0.05, 0) is 43.5 Å². The molecule has 1 saturated heterocycles. The lowest BCUT2D eigenvalue weighted by Gasteiger charge is -2.25. The van der Waals surface area contributed by atoms with E-state index in [1.165, 1.54) is 28.3 Å². The van der Waals surface area contributed by atoms with Crippen molar-refractivity contribution in [1.82, 2.24) is 19.2 Å². The summed E-state index contributed by atoms with van der Waals surface area (Å²) in [6.45, 7) is 3.69. The highest BCUT2D eigenvalue weighted by Crippen LogP contribution is 2.36. The summed E-state index contributed by atoms with van der Waals surface area (Å²) >= 11 is 0. The molecule has 0 saturated carbocycles. The van der Waals surface area contributed by atoms with Crippen LogP contribution in [0.15, 0.2) is 29.2 Å². The van der Waals surface area contributed by atoms with E-state index in [1.807, 2.05) is 19.0 Å². The average molecular weight is 450 g/mol. The van der Waals surface area contributed by atoms with Crippen molar-refractivity contribution in [2.75, 3.05) is 32.6 Å². The van der Waals surface area contributed by atoms with Crippen molar-refractivity contribution in [3.63, 3.8) is 0 Å². The van der Waals surface area contributed by atoms with E-state index in [4.69, 9.17) is 0 Å². The van der Waals surface area contributed by atoms with Gasteiger partial charge in [0.25, 0.3) is 0 Å². The average Bonchev–Trinajstić information content (AvgIpc) is 3.18. The number of halogens is 1. The van der Waals surface area contributed by atoms with Crippen LogP contribution in [0.5, 0.6) is 0 Å². The number of sulfonamides is 1. The van der Waals surface area contributed by atoms with Crippen molar-refractivity contribution in [1.29, 1.82) is 0 Å². The monoisotopic (exact) mass is 449 g/mol. The van der Waals surface area contributed by atoms with E-state index < -0.39 is 21.9 Å². The number of aryl methyl sites for hydroxylation is 1. The second kappa shape index (κ2) is 8.88. The minimum Gasteiger partial charge on any atom is -0.363 e. The molecule has 1 aromatic carbocycles. The lowest BCUT2D eigenvalue weighted by Crippen LogP contribution is -2.33. The minimum atomic E-state index is -3.86. The first-order chi connectivity index (χ1) is 14.5. The fourth-order valence-corrected chi connectivity index (χ4v) is 5.49. The number of hydrogen-bond acceptors (Lipinski definition) is 6. The van der Waals surface area contributed by atoms with E-state index >= 15 is 0 Å². The van der Waals surface area contributed by atoms with Crippen molar-refractivity contribution in [2.24, 2.45) is 0 Å². The maximum atomic E-state index is 13.5. The van der Waals surface area contributed by atoms with Gasteiger partial charge in [-0.15, -0.1) is 0 Å². The number of rotatable bonds is 6. The normalized spacial score (nSPS) is 17.0. The molecule has 1 aliphatic rings. The van der Waals surface area contributed by atoms with Gasteiger partial charge < -0.3 is 9.80 Å². The van der Waals surface area contributed by atoms with Crippen LogP contribution in [-0.4, -0.2) is 61.2 Å². The lowest BCUT2D eigenvalue weighted by atomic mass is 10.2. The quantitative estimate of drug-likeness (QED) is 0.674. The van der Waals surface area contributed by atoms with Crippen molar-refractivity contribution in [2.45, 2.75) is 44.2 Å². The third-order valence-corrected chi connectivity index (χ3v) is 7.47. The Balaban J connectivity index is 2.02. The first-order valence-corrected chi connectivity index (χ1v) is 11.5. The van der Waals surface area contributed by atoms with Gasteiger partial charge in [-0.25, -0.2) is 22.8 Å². The van der Waals surface area contributed by atoms with Crippen LogP contribution >= 0.6 is 0 Å². The van der Waals surface area contributed by atoms with Crippen molar-refractivity contribution >= 4 is 21.7 Å². The number of carbonyl (C=O) groups excluding carboxylic acids is 1. The molecule has 1 atom stereocenters. The SMILES string of the molecule is CC(=O)N(C)Cc1cc(N(C)C)nc([C@@H]2CCCN2S(=O)(=O)c2ccc(F)cc2C)n1. The molecule has 0 spiro atoms. The standard InChI is InChI=1S/C21H28FN5O3S/c1-14-11-16(22)8-9-19(14)31(29,30)27-10-6-7-18(27)21-23-17(13-26(5)15(2)28)12-20(24-21)25(3)4/h8-9,11-12,18H,6-7,10,13H2,1-5H3/t18-/m0/s1. The molecule has 0 bridgehead atoms. The Labute approximate surface area is 182 Å². The van der Waals surface area contributed by atoms with Gasteiger partial charge in [0.05, 0.1) is 23.2 Å². The molecular formula is C21H28FN5O3S. The fraction of sp³-hybridized carbons (Fsp3) is 0.476. The number of carbonyl (C=O) groups is 1. The van der Waals surface area contributed by atoms with Gasteiger partial charge in [-0.2, -0.15) is 4.31 Å². The summed E-state index contributed by atoms with van der Waals surface area (Å²) in [5.74, 6) is 0.470. The van der Waals surface area contributed by atoms with Crippen LogP contribution in [0.1, 0.15) is 42.9 Å². The smallest absolute Gasteiger partial charge is 0.244 e. The topological polar surface area (TPSA) is 86.7 Å². The zero-order chi connectivity index (χ0) is 22.9. The van der Waals surface area contributed by atoms with Crippen molar-refractivity contribution in [3.05, 3.63) is 47.2 Å². The molecule has 0 unspecified atom stereocenters. The van der Waals surface area contributed by atoms with Gasteiger partial charge in [-0.1, -0.05) is 0 Å². The highest BCUT2D eigenvalue weighted by Gasteiger charge is 2.39. The van der Waals surface area contributed by atoms with Crippen molar-refractivity contribution in [3.8, 4) is 0 Å². The van der Waals surface area contributed by atoms with Crippen LogP contribution < -0.4 is 4.90 Å². The largest absolute Gasteiger partial charge is 0.363 e. The number of benzene rings is 1. The molecule has 10 heteroatoms. The van der Waals surface area contributed by atoms with Crippen LogP contribution in [0.3, 0.4) is 0 Å². The molecule has 3 rings (SSSR count). The Morgan fingerprint density at radius 3 is 2.55 bits per heavy atom. The summed E-state index contributed by atoms with van der Waals surface area (Å²) in [5.41, 5.74) is 0.992. The number of hydrogen-bond donors (Lipinski definition) is 0. The van der Waals surface area contributed by atoms with E-state index in [9.17, 15) is 17.6 Å². The number of nitrogens with zero attached hydrogens (tertiary/aromatic N) is 5. The number of aromatic nitrogens is 2. The van der Waals surface area contributed by atoms with Crippen molar-refractivity contribution < 1.29 is 17.6 Å². The van der Waals surface area contributed by atoms with Gasteiger partial charge >= 0.3 is 0 Å². The van der Waals surface area contributed by atoms with Crippen LogP contribution in [-0.2, 0) is 21.4 Å². The zero-order valence-electron chi connectivity index (χ0n) is 18.5. The number of amides is 1. The molecular weight excluding hydrogens is 421 g/mol. The Kier molecular flexibility index (Phi) is 6.61. The highest BCUT2D eigenvalue weighted by molar-refractivity contribution is 7.89. The highest BCUT2D eigenvalue weighted by atomic mass is 32.2. The second-order valence-electron chi connectivity index (χ2n) is 8.03.